The SMILES string of the molecule is CN(Cc1nc(-c2cccs2)no1)C(=O)CCc1ccc2c(c1)OCCO2. The predicted octanol–water partition coefficient (Wildman–Crippen LogP) is 3.16. The maximum absolute atomic E-state index is 12.4. The molecule has 0 saturated carbocycles. The number of thiophene rings is 1. The lowest BCUT2D eigenvalue weighted by Gasteiger charge is -2.19. The van der Waals surface area contributed by atoms with Crippen LogP contribution in [0.25, 0.3) is 10.7 Å². The number of ether oxygens (including phenoxy) is 2. The van der Waals surface area contributed by atoms with Crippen molar-refractivity contribution in [1.82, 2.24) is 15.0 Å². The van der Waals surface area contributed by atoms with Crippen LogP contribution in [0.2, 0.25) is 0 Å². The Morgan fingerprint density at radius 2 is 2.07 bits per heavy atom. The molecule has 140 valence electrons. The van der Waals surface area contributed by atoms with Crippen LogP contribution in [-0.4, -0.2) is 41.2 Å². The number of aromatic nitrogens is 2. The van der Waals surface area contributed by atoms with Gasteiger partial charge in [-0.25, -0.2) is 0 Å². The molecule has 8 heteroatoms. The van der Waals surface area contributed by atoms with Crippen molar-refractivity contribution in [1.29, 1.82) is 0 Å². The summed E-state index contributed by atoms with van der Waals surface area (Å²) in [4.78, 5) is 19.3. The Kier molecular flexibility index (Phi) is 5.06. The molecule has 0 fully saturated rings. The van der Waals surface area contributed by atoms with Gasteiger partial charge in [-0.1, -0.05) is 17.3 Å². The smallest absolute Gasteiger partial charge is 0.246 e. The van der Waals surface area contributed by atoms with E-state index < -0.39 is 0 Å². The summed E-state index contributed by atoms with van der Waals surface area (Å²) < 4.78 is 16.4. The molecule has 2 aromatic heterocycles. The number of fused-ring (bicyclic) bond motifs is 1. The quantitative estimate of drug-likeness (QED) is 0.649. The fourth-order valence-corrected chi connectivity index (χ4v) is 3.45. The fraction of sp³-hybridized carbons (Fsp3) is 0.316. The molecule has 0 radical (unpaired) electrons. The van der Waals surface area contributed by atoms with Gasteiger partial charge in [0.2, 0.25) is 17.6 Å². The predicted molar refractivity (Wildman–Crippen MR) is 99.8 cm³/mol. The van der Waals surface area contributed by atoms with Crippen LogP contribution in [-0.2, 0) is 17.8 Å². The number of carbonyl (C=O) groups excluding carboxylic acids is 1. The summed E-state index contributed by atoms with van der Waals surface area (Å²) in [6.07, 6.45) is 1.02. The van der Waals surface area contributed by atoms with Crippen LogP contribution >= 0.6 is 11.3 Å². The van der Waals surface area contributed by atoms with Gasteiger partial charge >= 0.3 is 0 Å². The van der Waals surface area contributed by atoms with Crippen molar-refractivity contribution in [3.05, 3.63) is 47.2 Å². The number of benzene rings is 1. The Bertz CT molecular complexity index is 923. The van der Waals surface area contributed by atoms with E-state index in [9.17, 15) is 4.79 Å². The Balaban J connectivity index is 1.32. The number of amides is 1. The number of nitrogens with zero attached hydrogens (tertiary/aromatic N) is 3. The zero-order chi connectivity index (χ0) is 18.6. The third-order valence-electron chi connectivity index (χ3n) is 4.24. The number of carbonyl (C=O) groups is 1. The molecule has 0 bridgehead atoms. The minimum Gasteiger partial charge on any atom is -0.486 e. The zero-order valence-corrected chi connectivity index (χ0v) is 15.7. The third kappa shape index (κ3) is 4.11. The molecule has 27 heavy (non-hydrogen) atoms. The molecule has 0 unspecified atom stereocenters. The van der Waals surface area contributed by atoms with Crippen LogP contribution in [0, 0.1) is 0 Å². The zero-order valence-electron chi connectivity index (χ0n) is 14.9. The van der Waals surface area contributed by atoms with Crippen molar-refractivity contribution in [3.63, 3.8) is 0 Å². The highest BCUT2D eigenvalue weighted by molar-refractivity contribution is 7.13. The average Bonchev–Trinajstić information content (AvgIpc) is 3.37. The molecule has 0 spiro atoms. The lowest BCUT2D eigenvalue weighted by Crippen LogP contribution is -2.26. The molecule has 1 aliphatic rings. The molecule has 0 saturated heterocycles. The van der Waals surface area contributed by atoms with Crippen LogP contribution in [0.1, 0.15) is 17.9 Å². The number of aryl methyl sites for hydroxylation is 1. The summed E-state index contributed by atoms with van der Waals surface area (Å²) in [5.74, 6) is 2.49. The van der Waals surface area contributed by atoms with E-state index in [1.165, 1.54) is 0 Å². The van der Waals surface area contributed by atoms with E-state index in [1.54, 1.807) is 23.3 Å². The third-order valence-corrected chi connectivity index (χ3v) is 5.11. The maximum atomic E-state index is 12.4. The monoisotopic (exact) mass is 385 g/mol. The van der Waals surface area contributed by atoms with E-state index in [-0.39, 0.29) is 5.91 Å². The Morgan fingerprint density at radius 1 is 1.22 bits per heavy atom. The highest BCUT2D eigenvalue weighted by Gasteiger charge is 2.16. The van der Waals surface area contributed by atoms with Gasteiger partial charge in [0.05, 0.1) is 11.4 Å². The van der Waals surface area contributed by atoms with Gasteiger partial charge in [0.1, 0.15) is 13.2 Å². The second-order valence-corrected chi connectivity index (χ2v) is 7.16. The summed E-state index contributed by atoms with van der Waals surface area (Å²) in [5.41, 5.74) is 1.04. The molecule has 0 N–H and O–H groups in total. The Labute approximate surface area is 160 Å². The molecule has 1 amide bonds. The van der Waals surface area contributed by atoms with Crippen molar-refractivity contribution in [2.45, 2.75) is 19.4 Å². The van der Waals surface area contributed by atoms with Gasteiger partial charge in [0.15, 0.2) is 11.5 Å². The van der Waals surface area contributed by atoms with Gasteiger partial charge < -0.3 is 18.9 Å². The van der Waals surface area contributed by atoms with Gasteiger partial charge in [-0.2, -0.15) is 4.98 Å². The van der Waals surface area contributed by atoms with Crippen molar-refractivity contribution in [2.24, 2.45) is 0 Å². The van der Waals surface area contributed by atoms with Crippen LogP contribution in [0.3, 0.4) is 0 Å². The van der Waals surface area contributed by atoms with Gasteiger partial charge in [-0.05, 0) is 35.6 Å². The summed E-state index contributed by atoms with van der Waals surface area (Å²) in [5, 5.41) is 5.92. The van der Waals surface area contributed by atoms with Gasteiger partial charge in [-0.15, -0.1) is 11.3 Å². The molecule has 4 rings (SSSR count). The maximum Gasteiger partial charge on any atom is 0.246 e. The number of hydrogen-bond donors (Lipinski definition) is 0. The topological polar surface area (TPSA) is 77.7 Å². The summed E-state index contributed by atoms with van der Waals surface area (Å²) in [6, 6.07) is 9.66. The van der Waals surface area contributed by atoms with E-state index in [4.69, 9.17) is 14.0 Å². The second-order valence-electron chi connectivity index (χ2n) is 6.22. The van der Waals surface area contributed by atoms with Crippen molar-refractivity contribution in [3.8, 4) is 22.2 Å². The van der Waals surface area contributed by atoms with E-state index >= 15 is 0 Å². The van der Waals surface area contributed by atoms with Gasteiger partial charge in [0.25, 0.3) is 0 Å². The lowest BCUT2D eigenvalue weighted by molar-refractivity contribution is -0.130. The largest absolute Gasteiger partial charge is 0.486 e. The second kappa shape index (κ2) is 7.79. The molecule has 1 aromatic carbocycles. The normalized spacial score (nSPS) is 12.8. The lowest BCUT2D eigenvalue weighted by atomic mass is 10.1. The van der Waals surface area contributed by atoms with E-state index in [1.807, 2.05) is 35.7 Å². The first kappa shape index (κ1) is 17.5. The van der Waals surface area contributed by atoms with Crippen LogP contribution in [0.15, 0.2) is 40.2 Å². The highest BCUT2D eigenvalue weighted by atomic mass is 32.1. The Hall–Kier alpha value is -2.87. The standard InChI is InChI=1S/C19H19N3O4S/c1-22(12-17-20-19(21-26-17)16-3-2-10-27-16)18(23)7-5-13-4-6-14-15(11-13)25-9-8-24-14/h2-4,6,10-11H,5,7-9,12H2,1H3. The van der Waals surface area contributed by atoms with Gasteiger partial charge in [0, 0.05) is 13.5 Å². The molecular weight excluding hydrogens is 366 g/mol. The minimum atomic E-state index is 0.0146. The van der Waals surface area contributed by atoms with Crippen molar-refractivity contribution in [2.75, 3.05) is 20.3 Å². The highest BCUT2D eigenvalue weighted by Crippen LogP contribution is 2.31. The van der Waals surface area contributed by atoms with E-state index in [0.29, 0.717) is 44.3 Å². The molecule has 3 aromatic rings. The first-order chi connectivity index (χ1) is 13.2. The molecular formula is C19H19N3O4S. The summed E-state index contributed by atoms with van der Waals surface area (Å²) >= 11 is 1.55. The van der Waals surface area contributed by atoms with Gasteiger partial charge in [-0.3, -0.25) is 4.79 Å². The number of rotatable bonds is 6. The first-order valence-electron chi connectivity index (χ1n) is 8.68. The first-order valence-corrected chi connectivity index (χ1v) is 9.56. The van der Waals surface area contributed by atoms with Crippen LogP contribution < -0.4 is 9.47 Å². The minimum absolute atomic E-state index is 0.0146. The van der Waals surface area contributed by atoms with E-state index in [2.05, 4.69) is 10.1 Å². The summed E-state index contributed by atoms with van der Waals surface area (Å²) in [7, 11) is 1.74. The van der Waals surface area contributed by atoms with Crippen LogP contribution in [0.5, 0.6) is 11.5 Å². The van der Waals surface area contributed by atoms with Crippen LogP contribution in [0.4, 0.5) is 0 Å². The van der Waals surface area contributed by atoms with Crippen molar-refractivity contribution >= 4 is 17.2 Å². The van der Waals surface area contributed by atoms with E-state index in [0.717, 1.165) is 21.9 Å². The fourth-order valence-electron chi connectivity index (χ4n) is 2.80. The molecule has 0 atom stereocenters. The average molecular weight is 385 g/mol. The van der Waals surface area contributed by atoms with Crippen molar-refractivity contribution < 1.29 is 18.8 Å². The molecule has 0 aliphatic carbocycles. The number of hydrogen-bond acceptors (Lipinski definition) is 7. The molecule has 7 nitrogen and oxygen atoms in total. The molecule has 3 heterocycles. The molecule has 1 aliphatic heterocycles. The Morgan fingerprint density at radius 3 is 2.89 bits per heavy atom. The summed E-state index contributed by atoms with van der Waals surface area (Å²) in [6.45, 7) is 1.41.